The maximum atomic E-state index is 14.6. The van der Waals surface area contributed by atoms with Crippen molar-refractivity contribution in [3.05, 3.63) is 79.2 Å². The maximum absolute atomic E-state index is 14.6. The molecule has 0 bridgehead atoms. The van der Waals surface area contributed by atoms with Gasteiger partial charge in [0.25, 0.3) is 0 Å². The summed E-state index contributed by atoms with van der Waals surface area (Å²) in [5.41, 5.74) is 0.926. The summed E-state index contributed by atoms with van der Waals surface area (Å²) in [6.07, 6.45) is 2.68. The zero-order valence-electron chi connectivity index (χ0n) is 14.5. The molecule has 3 aromatic rings. The van der Waals surface area contributed by atoms with Gasteiger partial charge in [-0.15, -0.1) is 0 Å². The fourth-order valence-electron chi connectivity index (χ4n) is 2.85. The average Bonchev–Trinajstić information content (AvgIpc) is 2.67. The number of hydrogen-bond acceptors (Lipinski definition) is 4. The van der Waals surface area contributed by atoms with Crippen LogP contribution in [0.1, 0.15) is 5.56 Å². The second-order valence-electron chi connectivity index (χ2n) is 5.87. The van der Waals surface area contributed by atoms with Gasteiger partial charge in [0.1, 0.15) is 11.6 Å². The Labute approximate surface area is 155 Å². The first kappa shape index (κ1) is 18.3. The van der Waals surface area contributed by atoms with Crippen LogP contribution in [0.15, 0.2) is 67.8 Å². The Hall–Kier alpha value is -3.47. The molecular weight excluding hydrogens is 347 g/mol. The van der Waals surface area contributed by atoms with Crippen molar-refractivity contribution in [1.82, 2.24) is 0 Å². The van der Waals surface area contributed by atoms with E-state index >= 15 is 0 Å². The molecule has 3 aromatic carbocycles. The summed E-state index contributed by atoms with van der Waals surface area (Å²) in [6.45, 7) is 6.91. The number of esters is 2. The minimum Gasteiger partial charge on any atom is -0.462 e. The van der Waals surface area contributed by atoms with Gasteiger partial charge in [-0.3, -0.25) is 0 Å². The fourth-order valence-corrected chi connectivity index (χ4v) is 2.85. The third kappa shape index (κ3) is 4.03. The van der Waals surface area contributed by atoms with Gasteiger partial charge in [-0.25, -0.2) is 14.0 Å². The van der Waals surface area contributed by atoms with Crippen LogP contribution in [0.3, 0.4) is 0 Å². The summed E-state index contributed by atoms with van der Waals surface area (Å²) in [7, 11) is 0. The zero-order valence-corrected chi connectivity index (χ0v) is 14.5. The number of halogens is 1. The standard InChI is InChI=1S/C22H17FO4/c1-3-21(24)26-10-9-14-5-7-17-15(11-14)12-20(23)19-13-16(6-8-18(17)19)27-22(25)4-2/h3-8,11-13H,1-2,9-10H2. The summed E-state index contributed by atoms with van der Waals surface area (Å²) >= 11 is 0. The Morgan fingerprint density at radius 3 is 2.41 bits per heavy atom. The normalized spacial score (nSPS) is 10.6. The van der Waals surface area contributed by atoms with Crippen LogP contribution in [0.4, 0.5) is 4.39 Å². The van der Waals surface area contributed by atoms with E-state index in [9.17, 15) is 14.0 Å². The molecular formula is C22H17FO4. The van der Waals surface area contributed by atoms with E-state index < -0.39 is 17.8 Å². The van der Waals surface area contributed by atoms with Crippen LogP contribution in [-0.4, -0.2) is 18.5 Å². The molecule has 136 valence electrons. The molecule has 0 aliphatic carbocycles. The van der Waals surface area contributed by atoms with Crippen molar-refractivity contribution in [3.8, 4) is 5.75 Å². The van der Waals surface area contributed by atoms with E-state index in [0.717, 1.165) is 28.5 Å². The Bertz CT molecular complexity index is 1070. The quantitative estimate of drug-likeness (QED) is 0.280. The molecule has 5 heteroatoms. The van der Waals surface area contributed by atoms with E-state index in [1.54, 1.807) is 12.1 Å². The number of fused-ring (bicyclic) bond motifs is 3. The molecule has 4 nitrogen and oxygen atoms in total. The van der Waals surface area contributed by atoms with Gasteiger partial charge in [0.15, 0.2) is 0 Å². The minimum atomic E-state index is -0.600. The summed E-state index contributed by atoms with van der Waals surface area (Å²) < 4.78 is 24.6. The molecule has 0 amide bonds. The predicted molar refractivity (Wildman–Crippen MR) is 102 cm³/mol. The molecule has 0 heterocycles. The van der Waals surface area contributed by atoms with Crippen molar-refractivity contribution in [2.24, 2.45) is 0 Å². The lowest BCUT2D eigenvalue weighted by Crippen LogP contribution is -2.04. The Kier molecular flexibility index (Phi) is 5.31. The predicted octanol–water partition coefficient (Wildman–Crippen LogP) is 4.50. The minimum absolute atomic E-state index is 0.227. The highest BCUT2D eigenvalue weighted by Gasteiger charge is 2.10. The molecule has 0 fully saturated rings. The third-order valence-electron chi connectivity index (χ3n) is 4.12. The topological polar surface area (TPSA) is 52.6 Å². The first-order chi connectivity index (χ1) is 13.0. The van der Waals surface area contributed by atoms with Crippen LogP contribution >= 0.6 is 0 Å². The lowest BCUT2D eigenvalue weighted by Gasteiger charge is -2.10. The monoisotopic (exact) mass is 364 g/mol. The van der Waals surface area contributed by atoms with Gasteiger partial charge in [0.05, 0.1) is 6.61 Å². The van der Waals surface area contributed by atoms with Crippen molar-refractivity contribution in [3.63, 3.8) is 0 Å². The average molecular weight is 364 g/mol. The molecule has 0 radical (unpaired) electrons. The van der Waals surface area contributed by atoms with Gasteiger partial charge >= 0.3 is 11.9 Å². The van der Waals surface area contributed by atoms with Crippen LogP contribution in [0.2, 0.25) is 0 Å². The van der Waals surface area contributed by atoms with Crippen LogP contribution in [-0.2, 0) is 20.7 Å². The molecule has 0 N–H and O–H groups in total. The highest BCUT2D eigenvalue weighted by molar-refractivity contribution is 6.08. The van der Waals surface area contributed by atoms with E-state index in [2.05, 4.69) is 13.2 Å². The SMILES string of the molecule is C=CC(=O)OCCc1ccc2c(c1)cc(F)c1cc(OC(=O)C=C)ccc12. The lowest BCUT2D eigenvalue weighted by atomic mass is 9.98. The molecule has 0 saturated carbocycles. The number of benzene rings is 3. The summed E-state index contributed by atoms with van der Waals surface area (Å²) in [5, 5.41) is 2.70. The molecule has 0 saturated heterocycles. The summed E-state index contributed by atoms with van der Waals surface area (Å²) in [5.74, 6) is -1.23. The van der Waals surface area contributed by atoms with Crippen LogP contribution in [0.25, 0.3) is 21.5 Å². The van der Waals surface area contributed by atoms with E-state index in [1.807, 2.05) is 18.2 Å². The highest BCUT2D eigenvalue weighted by Crippen LogP contribution is 2.31. The van der Waals surface area contributed by atoms with Crippen molar-refractivity contribution >= 4 is 33.5 Å². The Morgan fingerprint density at radius 1 is 0.926 bits per heavy atom. The maximum Gasteiger partial charge on any atom is 0.335 e. The van der Waals surface area contributed by atoms with Crippen molar-refractivity contribution in [1.29, 1.82) is 0 Å². The Balaban J connectivity index is 1.94. The van der Waals surface area contributed by atoms with E-state index in [1.165, 1.54) is 12.1 Å². The van der Waals surface area contributed by atoms with E-state index in [4.69, 9.17) is 9.47 Å². The molecule has 0 aliphatic heterocycles. The molecule has 3 rings (SSSR count). The fraction of sp³-hybridized carbons (Fsp3) is 0.0909. The molecule has 27 heavy (non-hydrogen) atoms. The van der Waals surface area contributed by atoms with Crippen LogP contribution in [0.5, 0.6) is 5.75 Å². The van der Waals surface area contributed by atoms with Crippen molar-refractivity contribution in [2.75, 3.05) is 6.61 Å². The third-order valence-corrected chi connectivity index (χ3v) is 4.12. The highest BCUT2D eigenvalue weighted by atomic mass is 19.1. The molecule has 0 unspecified atom stereocenters. The number of rotatable bonds is 6. The van der Waals surface area contributed by atoms with Gasteiger partial charge in [-0.2, -0.15) is 0 Å². The Morgan fingerprint density at radius 2 is 1.67 bits per heavy atom. The number of hydrogen-bond donors (Lipinski definition) is 0. The number of carbonyl (C=O) groups excluding carboxylic acids is 2. The van der Waals surface area contributed by atoms with Gasteiger partial charge in [0, 0.05) is 24.0 Å². The lowest BCUT2D eigenvalue weighted by molar-refractivity contribution is -0.137. The van der Waals surface area contributed by atoms with E-state index in [0.29, 0.717) is 17.2 Å². The first-order valence-corrected chi connectivity index (χ1v) is 8.30. The number of ether oxygens (including phenoxy) is 2. The summed E-state index contributed by atoms with van der Waals surface area (Å²) in [4.78, 5) is 22.4. The number of carbonyl (C=O) groups is 2. The van der Waals surface area contributed by atoms with Crippen molar-refractivity contribution < 1.29 is 23.5 Å². The molecule has 0 aliphatic rings. The molecule has 0 aromatic heterocycles. The zero-order chi connectivity index (χ0) is 19.4. The van der Waals surface area contributed by atoms with Crippen LogP contribution in [0, 0.1) is 5.82 Å². The van der Waals surface area contributed by atoms with Crippen LogP contribution < -0.4 is 4.74 Å². The second-order valence-corrected chi connectivity index (χ2v) is 5.87. The smallest absolute Gasteiger partial charge is 0.335 e. The van der Waals surface area contributed by atoms with Gasteiger partial charge in [-0.05, 0) is 46.0 Å². The molecule has 0 atom stereocenters. The largest absolute Gasteiger partial charge is 0.462 e. The van der Waals surface area contributed by atoms with Crippen molar-refractivity contribution in [2.45, 2.75) is 6.42 Å². The van der Waals surface area contributed by atoms with E-state index in [-0.39, 0.29) is 12.4 Å². The molecule has 0 spiro atoms. The first-order valence-electron chi connectivity index (χ1n) is 8.30. The second kappa shape index (κ2) is 7.83. The summed E-state index contributed by atoms with van der Waals surface area (Å²) in [6, 6.07) is 11.9. The van der Waals surface area contributed by atoms with Gasteiger partial charge in [0.2, 0.25) is 0 Å². The van der Waals surface area contributed by atoms with Gasteiger partial charge in [-0.1, -0.05) is 31.4 Å². The van der Waals surface area contributed by atoms with Gasteiger partial charge < -0.3 is 9.47 Å².